The zero-order chi connectivity index (χ0) is 20.8. The van der Waals surface area contributed by atoms with E-state index in [1.54, 1.807) is 6.33 Å². The lowest BCUT2D eigenvalue weighted by atomic mass is 10.2. The molecule has 1 fully saturated rings. The van der Waals surface area contributed by atoms with Gasteiger partial charge in [-0.05, 0) is 37.6 Å². The van der Waals surface area contributed by atoms with Crippen molar-refractivity contribution < 1.29 is 0 Å². The molecule has 4 aromatic rings. The number of H-pyrrole nitrogens is 1. The smallest absolute Gasteiger partial charge is 0.165 e. The summed E-state index contributed by atoms with van der Waals surface area (Å²) in [6.07, 6.45) is 10.8. The van der Waals surface area contributed by atoms with Crippen LogP contribution < -0.4 is 10.2 Å². The molecule has 4 aromatic heterocycles. The van der Waals surface area contributed by atoms with Crippen LogP contribution >= 0.6 is 11.8 Å². The Morgan fingerprint density at radius 1 is 1.23 bits per heavy atom. The fourth-order valence-corrected chi connectivity index (χ4v) is 5.44. The molecule has 0 amide bonds. The summed E-state index contributed by atoms with van der Waals surface area (Å²) in [7, 11) is 0. The number of imidazole rings is 1. The van der Waals surface area contributed by atoms with Gasteiger partial charge in [-0.2, -0.15) is 0 Å². The van der Waals surface area contributed by atoms with Crippen LogP contribution in [-0.2, 0) is 0 Å². The van der Waals surface area contributed by atoms with E-state index in [0.29, 0.717) is 12.0 Å². The molecule has 0 bridgehead atoms. The standard InChI is InChI=1S/C22H24N8S/c1-2-23-10-14-9-17(14)30-13-28-19-21(26-12-27-22(19)30)29-7-8-31-18(11-29)15-3-5-24-20-16(15)4-6-25-20/h3-6,11-14,17,23H,2,7-10H2,1H3,(H,24,25)/t14-,17?/m1/s1. The summed E-state index contributed by atoms with van der Waals surface area (Å²) < 4.78 is 2.23. The molecule has 1 aliphatic heterocycles. The Labute approximate surface area is 184 Å². The van der Waals surface area contributed by atoms with Crippen LogP contribution in [0.25, 0.3) is 27.1 Å². The Hall–Kier alpha value is -2.91. The summed E-state index contributed by atoms with van der Waals surface area (Å²) in [5.41, 5.74) is 3.91. The van der Waals surface area contributed by atoms with Crippen LogP contribution in [0.3, 0.4) is 0 Å². The average molecular weight is 433 g/mol. The summed E-state index contributed by atoms with van der Waals surface area (Å²) in [6.45, 7) is 5.10. The largest absolute Gasteiger partial charge is 0.346 e. The van der Waals surface area contributed by atoms with Gasteiger partial charge in [-0.15, -0.1) is 11.8 Å². The molecule has 1 saturated carbocycles. The maximum atomic E-state index is 4.73. The summed E-state index contributed by atoms with van der Waals surface area (Å²) in [4.78, 5) is 25.0. The molecule has 0 radical (unpaired) electrons. The van der Waals surface area contributed by atoms with Crippen molar-refractivity contribution in [3.63, 3.8) is 0 Å². The van der Waals surface area contributed by atoms with Crippen LogP contribution in [0.2, 0.25) is 0 Å². The van der Waals surface area contributed by atoms with Crippen LogP contribution in [-0.4, -0.2) is 54.9 Å². The third-order valence-electron chi connectivity index (χ3n) is 6.10. The van der Waals surface area contributed by atoms with E-state index in [2.05, 4.69) is 60.0 Å². The fraction of sp³-hybridized carbons (Fsp3) is 0.364. The number of fused-ring (bicyclic) bond motifs is 2. The van der Waals surface area contributed by atoms with Crippen LogP contribution in [0.4, 0.5) is 5.82 Å². The summed E-state index contributed by atoms with van der Waals surface area (Å²) in [6, 6.07) is 4.65. The highest BCUT2D eigenvalue weighted by molar-refractivity contribution is 8.08. The lowest BCUT2D eigenvalue weighted by molar-refractivity contribution is 0.601. The lowest BCUT2D eigenvalue weighted by Gasteiger charge is -2.26. The van der Waals surface area contributed by atoms with Gasteiger partial charge >= 0.3 is 0 Å². The first kappa shape index (κ1) is 18.8. The molecule has 8 nitrogen and oxygen atoms in total. The zero-order valence-corrected chi connectivity index (χ0v) is 18.1. The van der Waals surface area contributed by atoms with Crippen molar-refractivity contribution in [1.29, 1.82) is 0 Å². The molecule has 158 valence electrons. The quantitative estimate of drug-likeness (QED) is 0.483. The van der Waals surface area contributed by atoms with E-state index in [1.807, 2.05) is 30.5 Å². The number of aromatic nitrogens is 6. The predicted molar refractivity (Wildman–Crippen MR) is 125 cm³/mol. The van der Waals surface area contributed by atoms with Crippen molar-refractivity contribution in [2.75, 3.05) is 30.3 Å². The van der Waals surface area contributed by atoms with E-state index in [1.165, 1.54) is 16.9 Å². The summed E-state index contributed by atoms with van der Waals surface area (Å²) in [5, 5.41) is 4.59. The van der Waals surface area contributed by atoms with Crippen LogP contribution in [0, 0.1) is 5.92 Å². The maximum Gasteiger partial charge on any atom is 0.165 e. The number of pyridine rings is 1. The van der Waals surface area contributed by atoms with E-state index < -0.39 is 0 Å². The molecule has 1 unspecified atom stereocenters. The van der Waals surface area contributed by atoms with Gasteiger partial charge in [-0.1, -0.05) is 6.92 Å². The van der Waals surface area contributed by atoms with Crippen LogP contribution in [0.15, 0.2) is 43.4 Å². The Balaban J connectivity index is 1.35. The summed E-state index contributed by atoms with van der Waals surface area (Å²) >= 11 is 1.87. The van der Waals surface area contributed by atoms with Gasteiger partial charge in [-0.25, -0.2) is 19.9 Å². The van der Waals surface area contributed by atoms with E-state index >= 15 is 0 Å². The fourth-order valence-electron chi connectivity index (χ4n) is 4.40. The van der Waals surface area contributed by atoms with E-state index in [4.69, 9.17) is 4.98 Å². The molecule has 6 rings (SSSR count). The van der Waals surface area contributed by atoms with Crippen molar-refractivity contribution in [2.45, 2.75) is 19.4 Å². The lowest BCUT2D eigenvalue weighted by Crippen LogP contribution is -2.24. The molecule has 5 heterocycles. The van der Waals surface area contributed by atoms with Crippen molar-refractivity contribution in [2.24, 2.45) is 5.92 Å². The van der Waals surface area contributed by atoms with E-state index in [9.17, 15) is 0 Å². The first-order valence-corrected chi connectivity index (χ1v) is 11.7. The van der Waals surface area contributed by atoms with Crippen molar-refractivity contribution in [3.05, 3.63) is 48.9 Å². The number of thioether (sulfide) groups is 1. The van der Waals surface area contributed by atoms with Gasteiger partial charge in [0.2, 0.25) is 0 Å². The van der Waals surface area contributed by atoms with Gasteiger partial charge in [-0.3, -0.25) is 0 Å². The first-order chi connectivity index (χ1) is 15.3. The molecule has 0 saturated heterocycles. The molecule has 0 spiro atoms. The highest BCUT2D eigenvalue weighted by atomic mass is 32.2. The highest BCUT2D eigenvalue weighted by Gasteiger charge is 2.39. The average Bonchev–Trinajstić information content (AvgIpc) is 3.21. The van der Waals surface area contributed by atoms with Crippen molar-refractivity contribution >= 4 is 44.7 Å². The maximum absolute atomic E-state index is 4.73. The van der Waals surface area contributed by atoms with Crippen molar-refractivity contribution in [3.8, 4) is 0 Å². The molecule has 31 heavy (non-hydrogen) atoms. The minimum absolute atomic E-state index is 0.480. The van der Waals surface area contributed by atoms with Crippen LogP contribution in [0.1, 0.15) is 24.9 Å². The zero-order valence-electron chi connectivity index (χ0n) is 17.3. The number of hydrogen-bond donors (Lipinski definition) is 2. The highest BCUT2D eigenvalue weighted by Crippen LogP contribution is 2.44. The normalized spacial score (nSPS) is 21.1. The molecule has 2 atom stereocenters. The second-order valence-electron chi connectivity index (χ2n) is 8.03. The van der Waals surface area contributed by atoms with Gasteiger partial charge in [0.15, 0.2) is 17.0 Å². The summed E-state index contributed by atoms with van der Waals surface area (Å²) in [5.74, 6) is 2.52. The molecule has 2 aliphatic rings. The Bertz CT molecular complexity index is 1270. The molecular weight excluding hydrogens is 408 g/mol. The third-order valence-corrected chi connectivity index (χ3v) is 7.12. The van der Waals surface area contributed by atoms with E-state index in [0.717, 1.165) is 53.4 Å². The molecular formula is C22H24N8S. The topological polar surface area (TPSA) is 87.5 Å². The Morgan fingerprint density at radius 2 is 2.19 bits per heavy atom. The SMILES string of the molecule is CCNC[C@H]1CC1n1cnc2c(N3C=C(c4ccnc5[nH]ccc45)SCC3)ncnc21. The third kappa shape index (κ3) is 3.28. The predicted octanol–water partition coefficient (Wildman–Crippen LogP) is 3.42. The van der Waals surface area contributed by atoms with Gasteiger partial charge < -0.3 is 19.8 Å². The van der Waals surface area contributed by atoms with Crippen molar-refractivity contribution in [1.82, 2.24) is 34.8 Å². The number of nitrogens with zero attached hydrogens (tertiary/aromatic N) is 6. The van der Waals surface area contributed by atoms with Crippen LogP contribution in [0.5, 0.6) is 0 Å². The minimum atomic E-state index is 0.480. The number of aromatic amines is 1. The number of nitrogens with one attached hydrogen (secondary N) is 2. The second-order valence-corrected chi connectivity index (χ2v) is 9.16. The molecule has 1 aliphatic carbocycles. The van der Waals surface area contributed by atoms with E-state index in [-0.39, 0.29) is 0 Å². The number of hydrogen-bond acceptors (Lipinski definition) is 7. The molecule has 9 heteroatoms. The van der Waals surface area contributed by atoms with Gasteiger partial charge in [0, 0.05) is 52.8 Å². The molecule has 2 N–H and O–H groups in total. The number of anilines is 1. The number of rotatable bonds is 6. The van der Waals surface area contributed by atoms with Gasteiger partial charge in [0.25, 0.3) is 0 Å². The second kappa shape index (κ2) is 7.65. The monoisotopic (exact) mass is 432 g/mol. The van der Waals surface area contributed by atoms with Gasteiger partial charge in [0.05, 0.1) is 6.33 Å². The Kier molecular flexibility index (Phi) is 4.65. The van der Waals surface area contributed by atoms with Gasteiger partial charge in [0.1, 0.15) is 12.0 Å². The first-order valence-electron chi connectivity index (χ1n) is 10.8. The molecule has 0 aromatic carbocycles. The minimum Gasteiger partial charge on any atom is -0.346 e. The Morgan fingerprint density at radius 3 is 3.13 bits per heavy atom.